The largest absolute Gasteiger partial charge is 0.489 e. The van der Waals surface area contributed by atoms with Gasteiger partial charge in [-0.25, -0.2) is 8.78 Å². The molecule has 2 rings (SSSR count). The first-order valence-corrected chi connectivity index (χ1v) is 8.83. The second-order valence-electron chi connectivity index (χ2n) is 6.47. The van der Waals surface area contributed by atoms with E-state index in [4.69, 9.17) is 10.00 Å². The van der Waals surface area contributed by atoms with Gasteiger partial charge in [-0.2, -0.15) is 5.26 Å². The highest BCUT2D eigenvalue weighted by Gasteiger charge is 2.14. The van der Waals surface area contributed by atoms with E-state index in [1.165, 1.54) is 9.80 Å². The van der Waals surface area contributed by atoms with Gasteiger partial charge >= 0.3 is 0 Å². The molecule has 0 radical (unpaired) electrons. The van der Waals surface area contributed by atoms with Gasteiger partial charge in [-0.3, -0.25) is 9.69 Å². The van der Waals surface area contributed by atoms with Crippen LogP contribution in [-0.2, 0) is 6.61 Å². The molecule has 0 bridgehead atoms. The zero-order valence-corrected chi connectivity index (χ0v) is 15.9. The topological polar surface area (TPSA) is 56.6 Å². The lowest BCUT2D eigenvalue weighted by Gasteiger charge is -2.22. The summed E-state index contributed by atoms with van der Waals surface area (Å²) in [5.74, 6) is 0.301. The third kappa shape index (κ3) is 6.32. The molecule has 0 spiro atoms. The molecule has 0 aliphatic heterocycles. The van der Waals surface area contributed by atoms with Gasteiger partial charge in [0.1, 0.15) is 12.4 Å². The minimum Gasteiger partial charge on any atom is -0.489 e. The van der Waals surface area contributed by atoms with Crippen LogP contribution in [0.2, 0.25) is 0 Å². The molecule has 0 aliphatic carbocycles. The van der Waals surface area contributed by atoms with E-state index in [-0.39, 0.29) is 19.1 Å². The molecule has 0 aliphatic rings. The summed E-state index contributed by atoms with van der Waals surface area (Å²) in [7, 11) is 3.23. The van der Waals surface area contributed by atoms with Crippen LogP contribution in [0.1, 0.15) is 21.5 Å². The molecule has 0 saturated heterocycles. The number of likely N-dealkylation sites (N-methyl/N-ethyl adjacent to an activating group) is 2. The predicted molar refractivity (Wildman–Crippen MR) is 102 cm³/mol. The highest BCUT2D eigenvalue weighted by Crippen LogP contribution is 2.17. The summed E-state index contributed by atoms with van der Waals surface area (Å²) in [6, 6.07) is 16.0. The fourth-order valence-electron chi connectivity index (χ4n) is 2.60. The maximum atomic E-state index is 12.6. The number of carbonyl (C=O) groups is 1. The van der Waals surface area contributed by atoms with Gasteiger partial charge in [0.05, 0.1) is 18.2 Å². The third-order valence-corrected chi connectivity index (χ3v) is 4.23. The van der Waals surface area contributed by atoms with E-state index in [1.54, 1.807) is 50.5 Å². The van der Waals surface area contributed by atoms with Crippen molar-refractivity contribution in [3.8, 4) is 11.8 Å². The van der Waals surface area contributed by atoms with Crippen molar-refractivity contribution < 1.29 is 18.3 Å². The summed E-state index contributed by atoms with van der Waals surface area (Å²) in [6.07, 6.45) is -2.40. The number of carbonyl (C=O) groups excluding carboxylic acids is 1. The van der Waals surface area contributed by atoms with Gasteiger partial charge in [-0.1, -0.05) is 24.3 Å². The number of hydrogen-bond acceptors (Lipinski definition) is 4. The molecular formula is C21H23F2N3O2. The molecule has 0 atom stereocenters. The van der Waals surface area contributed by atoms with Crippen molar-refractivity contribution >= 4 is 5.91 Å². The predicted octanol–water partition coefficient (Wildman–Crippen LogP) is 3.41. The monoisotopic (exact) mass is 387 g/mol. The average molecular weight is 387 g/mol. The van der Waals surface area contributed by atoms with E-state index in [2.05, 4.69) is 6.07 Å². The summed E-state index contributed by atoms with van der Waals surface area (Å²) >= 11 is 0. The van der Waals surface area contributed by atoms with Crippen molar-refractivity contribution in [2.45, 2.75) is 13.0 Å². The van der Waals surface area contributed by atoms with Crippen molar-refractivity contribution in [2.75, 3.05) is 33.7 Å². The Kier molecular flexibility index (Phi) is 7.90. The lowest BCUT2D eigenvalue weighted by molar-refractivity contribution is 0.0744. The van der Waals surface area contributed by atoms with Gasteiger partial charge in [0.2, 0.25) is 0 Å². The zero-order valence-electron chi connectivity index (χ0n) is 15.9. The summed E-state index contributed by atoms with van der Waals surface area (Å²) < 4.78 is 30.5. The van der Waals surface area contributed by atoms with Crippen molar-refractivity contribution in [1.29, 1.82) is 5.26 Å². The molecule has 0 heterocycles. The van der Waals surface area contributed by atoms with Crippen LogP contribution in [0.5, 0.6) is 5.75 Å². The van der Waals surface area contributed by atoms with Crippen molar-refractivity contribution in [3.05, 3.63) is 65.2 Å². The van der Waals surface area contributed by atoms with E-state index in [0.29, 0.717) is 30.0 Å². The number of benzene rings is 2. The smallest absolute Gasteiger partial charge is 0.253 e. The van der Waals surface area contributed by atoms with Gasteiger partial charge in [0.25, 0.3) is 12.3 Å². The summed E-state index contributed by atoms with van der Waals surface area (Å²) in [6.45, 7) is 0.585. The number of amides is 1. The number of ether oxygens (including phenoxy) is 1. The number of nitriles is 1. The summed E-state index contributed by atoms with van der Waals surface area (Å²) in [4.78, 5) is 15.5. The molecule has 28 heavy (non-hydrogen) atoms. The van der Waals surface area contributed by atoms with Gasteiger partial charge in [0, 0.05) is 31.3 Å². The van der Waals surface area contributed by atoms with E-state index < -0.39 is 6.43 Å². The second kappa shape index (κ2) is 10.4. The molecule has 2 aromatic rings. The van der Waals surface area contributed by atoms with Gasteiger partial charge in [-0.05, 0) is 31.3 Å². The Hall–Kier alpha value is -2.98. The second-order valence-corrected chi connectivity index (χ2v) is 6.47. The summed E-state index contributed by atoms with van der Waals surface area (Å²) in [5.41, 5.74) is 1.76. The van der Waals surface area contributed by atoms with Crippen molar-refractivity contribution in [2.24, 2.45) is 0 Å². The van der Waals surface area contributed by atoms with Crippen LogP contribution in [0.4, 0.5) is 8.78 Å². The van der Waals surface area contributed by atoms with Crippen LogP contribution < -0.4 is 4.74 Å². The van der Waals surface area contributed by atoms with Crippen molar-refractivity contribution in [3.63, 3.8) is 0 Å². The Morgan fingerprint density at radius 1 is 1.14 bits per heavy atom. The SMILES string of the molecule is CN(CCN(C)C(=O)c1cccc(OCc2ccccc2C#N)c1)CC(F)F. The van der Waals surface area contributed by atoms with Crippen LogP contribution in [0.15, 0.2) is 48.5 Å². The fourth-order valence-corrected chi connectivity index (χ4v) is 2.60. The quantitative estimate of drug-likeness (QED) is 0.662. The zero-order chi connectivity index (χ0) is 20.5. The molecule has 0 unspecified atom stereocenters. The number of halogens is 2. The number of alkyl halides is 2. The molecule has 5 nitrogen and oxygen atoms in total. The highest BCUT2D eigenvalue weighted by atomic mass is 19.3. The van der Waals surface area contributed by atoms with E-state index in [1.807, 2.05) is 12.1 Å². The van der Waals surface area contributed by atoms with Gasteiger partial charge in [-0.15, -0.1) is 0 Å². The highest BCUT2D eigenvalue weighted by molar-refractivity contribution is 5.94. The van der Waals surface area contributed by atoms with E-state index >= 15 is 0 Å². The molecule has 0 saturated carbocycles. The number of nitrogens with zero attached hydrogens (tertiary/aromatic N) is 3. The molecule has 148 valence electrons. The van der Waals surface area contributed by atoms with Crippen LogP contribution >= 0.6 is 0 Å². The molecule has 1 amide bonds. The third-order valence-electron chi connectivity index (χ3n) is 4.23. The standard InChI is InChI=1S/C21H23F2N3O2/c1-25(14-20(22)23)10-11-26(2)21(27)16-8-5-9-19(12-16)28-15-18-7-4-3-6-17(18)13-24/h3-9,12,20H,10-11,14-15H2,1-2H3. The Morgan fingerprint density at radius 2 is 1.89 bits per heavy atom. The van der Waals surface area contributed by atoms with E-state index in [0.717, 1.165) is 5.56 Å². The average Bonchev–Trinajstić information content (AvgIpc) is 2.69. The Bertz CT molecular complexity index is 836. The lowest BCUT2D eigenvalue weighted by atomic mass is 10.1. The molecule has 0 fully saturated rings. The maximum absolute atomic E-state index is 12.6. The number of rotatable bonds is 9. The molecule has 0 aromatic heterocycles. The first-order chi connectivity index (χ1) is 13.4. The molecular weight excluding hydrogens is 364 g/mol. The fraction of sp³-hybridized carbons (Fsp3) is 0.333. The van der Waals surface area contributed by atoms with Crippen LogP contribution in [-0.4, -0.2) is 55.9 Å². The Morgan fingerprint density at radius 3 is 2.61 bits per heavy atom. The minimum absolute atomic E-state index is 0.215. The van der Waals surface area contributed by atoms with Crippen molar-refractivity contribution in [1.82, 2.24) is 9.80 Å². The molecule has 0 N–H and O–H groups in total. The van der Waals surface area contributed by atoms with Gasteiger partial charge < -0.3 is 9.64 Å². The van der Waals surface area contributed by atoms with E-state index in [9.17, 15) is 13.6 Å². The minimum atomic E-state index is -2.40. The van der Waals surface area contributed by atoms with Gasteiger partial charge in [0.15, 0.2) is 0 Å². The molecule has 7 heteroatoms. The Balaban J connectivity index is 1.96. The first-order valence-electron chi connectivity index (χ1n) is 8.83. The normalized spacial score (nSPS) is 10.8. The summed E-state index contributed by atoms with van der Waals surface area (Å²) in [5, 5.41) is 9.13. The van der Waals surface area contributed by atoms with Crippen LogP contribution in [0.3, 0.4) is 0 Å². The number of hydrogen-bond donors (Lipinski definition) is 0. The van der Waals surface area contributed by atoms with Crippen LogP contribution in [0.25, 0.3) is 0 Å². The Labute approximate surface area is 163 Å². The molecule has 2 aromatic carbocycles. The first kappa shape index (κ1) is 21.3. The van der Waals surface area contributed by atoms with Crippen LogP contribution in [0, 0.1) is 11.3 Å². The lowest BCUT2D eigenvalue weighted by Crippen LogP contribution is -2.36. The maximum Gasteiger partial charge on any atom is 0.253 e.